The van der Waals surface area contributed by atoms with Crippen molar-refractivity contribution in [2.24, 2.45) is 0 Å². The van der Waals surface area contributed by atoms with Crippen LogP contribution in [0.5, 0.6) is 0 Å². The lowest BCUT2D eigenvalue weighted by atomic mass is 10.0. The summed E-state index contributed by atoms with van der Waals surface area (Å²) in [5.74, 6) is 0. The lowest BCUT2D eigenvalue weighted by Crippen LogP contribution is -2.40. The van der Waals surface area contributed by atoms with Gasteiger partial charge in [0.2, 0.25) is 0 Å². The standard InChI is InChI=1S/C17H29ClN2O/c1-5-19-16(14-8-7-9-15(18)12-14)10-11-20(6-2)13-17(3,4)21/h7-9,12,16,19,21H,5-6,10-11,13H2,1-4H3. The van der Waals surface area contributed by atoms with Crippen LogP contribution in [0, 0.1) is 0 Å². The zero-order valence-corrected chi connectivity index (χ0v) is 14.5. The number of halogens is 1. The van der Waals surface area contributed by atoms with E-state index in [4.69, 9.17) is 11.6 Å². The maximum absolute atomic E-state index is 9.97. The quantitative estimate of drug-likeness (QED) is 0.733. The van der Waals surface area contributed by atoms with E-state index in [9.17, 15) is 5.11 Å². The van der Waals surface area contributed by atoms with Gasteiger partial charge in [-0.3, -0.25) is 0 Å². The monoisotopic (exact) mass is 312 g/mol. The first-order chi connectivity index (χ1) is 9.85. The van der Waals surface area contributed by atoms with E-state index in [1.54, 1.807) is 0 Å². The van der Waals surface area contributed by atoms with Crippen molar-refractivity contribution in [2.75, 3.05) is 26.2 Å². The summed E-state index contributed by atoms with van der Waals surface area (Å²) < 4.78 is 0. The second-order valence-electron chi connectivity index (χ2n) is 6.14. The molecule has 0 amide bonds. The highest BCUT2D eigenvalue weighted by Gasteiger charge is 2.18. The molecule has 0 spiro atoms. The molecule has 0 saturated carbocycles. The number of hydrogen-bond donors (Lipinski definition) is 2. The van der Waals surface area contributed by atoms with Gasteiger partial charge in [0.05, 0.1) is 5.60 Å². The molecule has 0 fully saturated rings. The van der Waals surface area contributed by atoms with Crippen LogP contribution in [0.2, 0.25) is 5.02 Å². The summed E-state index contributed by atoms with van der Waals surface area (Å²) in [6.45, 7) is 11.5. The highest BCUT2D eigenvalue weighted by molar-refractivity contribution is 6.30. The molecule has 0 aromatic heterocycles. The Balaban J connectivity index is 2.66. The molecule has 1 atom stereocenters. The van der Waals surface area contributed by atoms with E-state index in [0.717, 1.165) is 31.1 Å². The number of aliphatic hydroxyl groups is 1. The number of nitrogens with zero attached hydrogens (tertiary/aromatic N) is 1. The van der Waals surface area contributed by atoms with Crippen molar-refractivity contribution < 1.29 is 5.11 Å². The van der Waals surface area contributed by atoms with Crippen LogP contribution < -0.4 is 5.32 Å². The predicted octanol–water partition coefficient (Wildman–Crippen LogP) is 3.47. The fraction of sp³-hybridized carbons (Fsp3) is 0.647. The van der Waals surface area contributed by atoms with Gasteiger partial charge >= 0.3 is 0 Å². The summed E-state index contributed by atoms with van der Waals surface area (Å²) in [7, 11) is 0. The van der Waals surface area contributed by atoms with Crippen molar-refractivity contribution in [2.45, 2.75) is 45.8 Å². The molecule has 1 rings (SSSR count). The van der Waals surface area contributed by atoms with Crippen LogP contribution >= 0.6 is 11.6 Å². The van der Waals surface area contributed by atoms with E-state index < -0.39 is 5.60 Å². The summed E-state index contributed by atoms with van der Waals surface area (Å²) in [6, 6.07) is 8.34. The van der Waals surface area contributed by atoms with Crippen LogP contribution in [0.3, 0.4) is 0 Å². The van der Waals surface area contributed by atoms with Gasteiger partial charge in [-0.2, -0.15) is 0 Å². The Hall–Kier alpha value is -0.610. The average Bonchev–Trinajstić information content (AvgIpc) is 2.40. The molecule has 0 heterocycles. The lowest BCUT2D eigenvalue weighted by molar-refractivity contribution is 0.0367. The number of likely N-dealkylation sites (N-methyl/N-ethyl adjacent to an activating group) is 1. The van der Waals surface area contributed by atoms with Gasteiger partial charge in [0.15, 0.2) is 0 Å². The Labute approximate surface area is 134 Å². The maximum atomic E-state index is 9.97. The van der Waals surface area contributed by atoms with E-state index in [1.807, 2.05) is 32.0 Å². The van der Waals surface area contributed by atoms with Crippen LogP contribution in [-0.4, -0.2) is 41.8 Å². The molecule has 1 unspecified atom stereocenters. The lowest BCUT2D eigenvalue weighted by Gasteiger charge is -2.29. The van der Waals surface area contributed by atoms with Crippen molar-refractivity contribution in [1.29, 1.82) is 0 Å². The third kappa shape index (κ3) is 7.28. The fourth-order valence-corrected chi connectivity index (χ4v) is 2.76. The first-order valence-electron chi connectivity index (χ1n) is 7.79. The summed E-state index contributed by atoms with van der Waals surface area (Å²) in [5, 5.41) is 14.3. The third-order valence-corrected chi connectivity index (χ3v) is 3.73. The minimum Gasteiger partial charge on any atom is -0.389 e. The number of rotatable bonds is 9. The molecule has 0 saturated heterocycles. The van der Waals surface area contributed by atoms with Gasteiger partial charge in [0.1, 0.15) is 0 Å². The van der Waals surface area contributed by atoms with Gasteiger partial charge in [-0.15, -0.1) is 0 Å². The van der Waals surface area contributed by atoms with Crippen molar-refractivity contribution >= 4 is 11.6 Å². The van der Waals surface area contributed by atoms with E-state index >= 15 is 0 Å². The van der Waals surface area contributed by atoms with Gasteiger partial charge in [-0.05, 0) is 51.1 Å². The number of benzene rings is 1. The van der Waals surface area contributed by atoms with Gasteiger partial charge in [0, 0.05) is 24.2 Å². The van der Waals surface area contributed by atoms with Gasteiger partial charge in [0.25, 0.3) is 0 Å². The van der Waals surface area contributed by atoms with Crippen molar-refractivity contribution in [3.63, 3.8) is 0 Å². The second-order valence-corrected chi connectivity index (χ2v) is 6.57. The number of hydrogen-bond acceptors (Lipinski definition) is 3. The Morgan fingerprint density at radius 1 is 1.33 bits per heavy atom. The number of nitrogens with one attached hydrogen (secondary N) is 1. The molecule has 0 bridgehead atoms. The molecule has 21 heavy (non-hydrogen) atoms. The zero-order chi connectivity index (χ0) is 15.9. The highest BCUT2D eigenvalue weighted by atomic mass is 35.5. The average molecular weight is 313 g/mol. The first kappa shape index (κ1) is 18.4. The molecule has 0 aliphatic heterocycles. The minimum absolute atomic E-state index is 0.296. The molecule has 4 heteroatoms. The molecule has 3 nitrogen and oxygen atoms in total. The van der Waals surface area contributed by atoms with Crippen LogP contribution in [0.1, 0.15) is 45.7 Å². The van der Waals surface area contributed by atoms with Gasteiger partial charge < -0.3 is 15.3 Å². The summed E-state index contributed by atoms with van der Waals surface area (Å²) in [6.07, 6.45) is 0.998. The summed E-state index contributed by atoms with van der Waals surface area (Å²) in [4.78, 5) is 2.29. The molecular formula is C17H29ClN2O. The Kier molecular flexibility index (Phi) is 7.67. The SMILES string of the molecule is CCNC(CCN(CC)CC(C)(C)O)c1cccc(Cl)c1. The Morgan fingerprint density at radius 3 is 2.57 bits per heavy atom. The summed E-state index contributed by atoms with van der Waals surface area (Å²) in [5.41, 5.74) is 0.573. The van der Waals surface area contributed by atoms with E-state index in [-0.39, 0.29) is 0 Å². The minimum atomic E-state index is -0.653. The maximum Gasteiger partial charge on any atom is 0.0718 e. The fourth-order valence-electron chi connectivity index (χ4n) is 2.56. The molecule has 1 aromatic carbocycles. The van der Waals surface area contributed by atoms with E-state index in [2.05, 4.69) is 30.1 Å². The van der Waals surface area contributed by atoms with Gasteiger partial charge in [-0.1, -0.05) is 37.6 Å². The molecule has 0 radical (unpaired) electrons. The van der Waals surface area contributed by atoms with Crippen LogP contribution in [0.4, 0.5) is 0 Å². The largest absolute Gasteiger partial charge is 0.389 e. The zero-order valence-electron chi connectivity index (χ0n) is 13.7. The predicted molar refractivity (Wildman–Crippen MR) is 90.9 cm³/mol. The van der Waals surface area contributed by atoms with Gasteiger partial charge in [-0.25, -0.2) is 0 Å². The first-order valence-corrected chi connectivity index (χ1v) is 8.17. The smallest absolute Gasteiger partial charge is 0.0718 e. The normalized spacial score (nSPS) is 13.7. The van der Waals surface area contributed by atoms with E-state index in [0.29, 0.717) is 12.6 Å². The van der Waals surface area contributed by atoms with Crippen LogP contribution in [-0.2, 0) is 0 Å². The topological polar surface area (TPSA) is 35.5 Å². The van der Waals surface area contributed by atoms with Crippen molar-refractivity contribution in [3.8, 4) is 0 Å². The molecular weight excluding hydrogens is 284 g/mol. The summed E-state index contributed by atoms with van der Waals surface area (Å²) >= 11 is 6.09. The molecule has 2 N–H and O–H groups in total. The van der Waals surface area contributed by atoms with Crippen molar-refractivity contribution in [1.82, 2.24) is 10.2 Å². The molecule has 120 valence electrons. The molecule has 0 aliphatic carbocycles. The van der Waals surface area contributed by atoms with E-state index in [1.165, 1.54) is 5.56 Å². The molecule has 1 aromatic rings. The Morgan fingerprint density at radius 2 is 2.05 bits per heavy atom. The third-order valence-electron chi connectivity index (χ3n) is 3.49. The van der Waals surface area contributed by atoms with Crippen LogP contribution in [0.25, 0.3) is 0 Å². The second kappa shape index (κ2) is 8.74. The highest BCUT2D eigenvalue weighted by Crippen LogP contribution is 2.21. The molecule has 0 aliphatic rings. The Bertz CT molecular complexity index is 417. The van der Waals surface area contributed by atoms with Crippen molar-refractivity contribution in [3.05, 3.63) is 34.9 Å². The van der Waals surface area contributed by atoms with Crippen LogP contribution in [0.15, 0.2) is 24.3 Å².